The molecule has 1 amide bonds. The molecule has 3 aliphatic heterocycles. The highest BCUT2D eigenvalue weighted by atomic mass is 16.6. The van der Waals surface area contributed by atoms with Crippen LogP contribution in [-0.2, 0) is 15.1 Å². The number of benzene rings is 3. The van der Waals surface area contributed by atoms with Crippen molar-refractivity contribution in [3.05, 3.63) is 113 Å². The number of unbranched alkanes of at least 4 members (excludes halogenated alkanes) is 1. The second-order valence-corrected chi connectivity index (χ2v) is 15.5. The van der Waals surface area contributed by atoms with Crippen LogP contribution in [0.5, 0.6) is 17.2 Å². The Morgan fingerprint density at radius 3 is 2.37 bits per heavy atom. The Balaban J connectivity index is 0.903. The maximum Gasteiger partial charge on any atom is 0.340 e. The quantitative estimate of drug-likeness (QED) is 0.109. The molecule has 1 atom stereocenters. The minimum Gasteiger partial charge on any atom is -0.493 e. The third-order valence-electron chi connectivity index (χ3n) is 11.3. The number of aromatic nitrogens is 4. The highest BCUT2D eigenvalue weighted by Gasteiger charge is 2.54. The van der Waals surface area contributed by atoms with Crippen molar-refractivity contribution in [2.24, 2.45) is 0 Å². The van der Waals surface area contributed by atoms with E-state index in [4.69, 9.17) is 23.9 Å². The molecular weight excluding hydrogens is 749 g/mol. The van der Waals surface area contributed by atoms with Crippen molar-refractivity contribution in [1.82, 2.24) is 25.5 Å². The number of nitrogens with one attached hydrogen (secondary N) is 2. The molecule has 1 fully saturated rings. The minimum atomic E-state index is -1.24. The molecule has 0 aliphatic carbocycles. The maximum atomic E-state index is 13.8. The number of ether oxygens (including phenoxy) is 4. The van der Waals surface area contributed by atoms with Gasteiger partial charge in [0, 0.05) is 111 Å². The van der Waals surface area contributed by atoms with Gasteiger partial charge < -0.3 is 39.0 Å². The number of pyridine rings is 2. The minimum absolute atomic E-state index is 0.151. The van der Waals surface area contributed by atoms with E-state index in [-0.39, 0.29) is 11.9 Å². The molecular formula is C45H46N8O6. The van der Waals surface area contributed by atoms with Crippen LogP contribution in [0.1, 0.15) is 57.2 Å². The Morgan fingerprint density at radius 1 is 0.932 bits per heavy atom. The molecule has 1 spiro atoms. The molecule has 6 aromatic rings. The molecule has 2 N–H and O–H groups in total. The summed E-state index contributed by atoms with van der Waals surface area (Å²) in [5.41, 5.74) is 5.69. The summed E-state index contributed by atoms with van der Waals surface area (Å²) >= 11 is 0. The van der Waals surface area contributed by atoms with E-state index in [1.807, 2.05) is 98.7 Å². The molecule has 3 aliphatic rings. The number of anilines is 3. The number of H-pyrrole nitrogens is 1. The van der Waals surface area contributed by atoms with Crippen molar-refractivity contribution in [3.8, 4) is 28.6 Å². The van der Waals surface area contributed by atoms with E-state index >= 15 is 0 Å². The van der Waals surface area contributed by atoms with Gasteiger partial charge in [0.1, 0.15) is 34.3 Å². The number of aromatic amines is 1. The number of amides is 1. The average Bonchev–Trinajstić information content (AvgIpc) is 3.88. The van der Waals surface area contributed by atoms with Gasteiger partial charge in [0.25, 0.3) is 5.91 Å². The summed E-state index contributed by atoms with van der Waals surface area (Å²) < 4.78 is 25.0. The van der Waals surface area contributed by atoms with Gasteiger partial charge in [-0.15, -0.1) is 0 Å². The van der Waals surface area contributed by atoms with E-state index in [2.05, 4.69) is 32.3 Å². The molecule has 302 valence electrons. The van der Waals surface area contributed by atoms with Crippen LogP contribution in [0.4, 0.5) is 17.2 Å². The molecule has 0 saturated carbocycles. The van der Waals surface area contributed by atoms with Gasteiger partial charge in [0.05, 0.1) is 37.1 Å². The largest absolute Gasteiger partial charge is 0.493 e. The van der Waals surface area contributed by atoms with Crippen molar-refractivity contribution >= 4 is 40.0 Å². The standard InChI is InChI=1S/C45H46N8O6/c1-27-26-56-21-19-53(27)40-25-37(31-14-17-46-42(41(31)49-40)36-15-18-48-50-36)57-20-7-6-16-47-43(54)28-8-11-33-32(22-28)44(55)59-45(33)34-12-9-29(51(2)3)23-38(34)58-39-24-30(52(4)5)10-13-35(39)45/h8-15,17-18,22-25,27H,6-7,16,19-21,26H2,1-5H3,(H,47,54)(H,48,50)/t27-/m1/s1. The number of carbonyl (C=O) groups excluding carboxylic acids is 2. The summed E-state index contributed by atoms with van der Waals surface area (Å²) in [6.07, 6.45) is 4.81. The van der Waals surface area contributed by atoms with Crippen molar-refractivity contribution in [2.45, 2.75) is 31.4 Å². The highest BCUT2D eigenvalue weighted by Crippen LogP contribution is 2.57. The van der Waals surface area contributed by atoms with E-state index in [0.717, 1.165) is 51.5 Å². The van der Waals surface area contributed by atoms with E-state index in [0.29, 0.717) is 78.8 Å². The maximum absolute atomic E-state index is 13.8. The van der Waals surface area contributed by atoms with Crippen LogP contribution in [0.15, 0.2) is 85.2 Å². The predicted octanol–water partition coefficient (Wildman–Crippen LogP) is 6.53. The second kappa shape index (κ2) is 15.3. The summed E-state index contributed by atoms with van der Waals surface area (Å²) in [6, 6.07) is 23.0. The van der Waals surface area contributed by atoms with Crippen LogP contribution in [0.25, 0.3) is 22.3 Å². The number of carbonyl (C=O) groups is 2. The zero-order valence-electron chi connectivity index (χ0n) is 33.7. The Bertz CT molecular complexity index is 2520. The summed E-state index contributed by atoms with van der Waals surface area (Å²) in [6.45, 7) is 4.94. The summed E-state index contributed by atoms with van der Waals surface area (Å²) in [5.74, 6) is 1.95. The number of morpholine rings is 1. The Hall–Kier alpha value is -6.67. The number of hydrogen-bond acceptors (Lipinski definition) is 12. The Kier molecular flexibility index (Phi) is 9.79. The normalized spacial score (nSPS) is 16.2. The topological polar surface area (TPSA) is 147 Å². The smallest absolute Gasteiger partial charge is 0.340 e. The van der Waals surface area contributed by atoms with Crippen molar-refractivity contribution in [1.29, 1.82) is 0 Å². The van der Waals surface area contributed by atoms with Gasteiger partial charge >= 0.3 is 5.97 Å². The second-order valence-electron chi connectivity index (χ2n) is 15.5. The first kappa shape index (κ1) is 37.9. The van der Waals surface area contributed by atoms with Gasteiger partial charge in [-0.1, -0.05) is 6.07 Å². The van der Waals surface area contributed by atoms with E-state index in [1.54, 1.807) is 24.5 Å². The van der Waals surface area contributed by atoms with Crippen LogP contribution in [0.2, 0.25) is 0 Å². The van der Waals surface area contributed by atoms with E-state index < -0.39 is 11.6 Å². The fourth-order valence-electron chi connectivity index (χ4n) is 8.14. The average molecular weight is 795 g/mol. The summed E-state index contributed by atoms with van der Waals surface area (Å²) in [7, 11) is 7.86. The van der Waals surface area contributed by atoms with Crippen LogP contribution in [0, 0.1) is 0 Å². The fraction of sp³-hybridized carbons (Fsp3) is 0.311. The number of esters is 1. The van der Waals surface area contributed by atoms with Crippen molar-refractivity contribution < 1.29 is 28.5 Å². The van der Waals surface area contributed by atoms with Gasteiger partial charge in [-0.2, -0.15) is 5.10 Å². The first-order valence-electron chi connectivity index (χ1n) is 19.9. The molecule has 0 radical (unpaired) electrons. The van der Waals surface area contributed by atoms with Gasteiger partial charge in [-0.25, -0.2) is 9.78 Å². The number of fused-ring (bicyclic) bond motifs is 7. The molecule has 9 rings (SSSR count). The monoisotopic (exact) mass is 794 g/mol. The number of hydrogen-bond donors (Lipinski definition) is 2. The fourth-order valence-corrected chi connectivity index (χ4v) is 8.14. The molecule has 0 unspecified atom stereocenters. The van der Waals surface area contributed by atoms with Crippen LogP contribution in [0.3, 0.4) is 0 Å². The zero-order valence-corrected chi connectivity index (χ0v) is 33.7. The molecule has 6 heterocycles. The summed E-state index contributed by atoms with van der Waals surface area (Å²) in [5, 5.41) is 11.0. The third-order valence-corrected chi connectivity index (χ3v) is 11.3. The van der Waals surface area contributed by atoms with Crippen molar-refractivity contribution in [3.63, 3.8) is 0 Å². The Morgan fingerprint density at radius 2 is 1.68 bits per heavy atom. The van der Waals surface area contributed by atoms with Crippen LogP contribution >= 0.6 is 0 Å². The zero-order chi connectivity index (χ0) is 40.8. The van der Waals surface area contributed by atoms with Gasteiger partial charge in [0.15, 0.2) is 5.60 Å². The molecule has 3 aromatic heterocycles. The molecule has 3 aromatic carbocycles. The van der Waals surface area contributed by atoms with E-state index in [9.17, 15) is 9.59 Å². The van der Waals surface area contributed by atoms with Crippen LogP contribution < -0.4 is 29.5 Å². The lowest BCUT2D eigenvalue weighted by atomic mass is 9.77. The lowest BCUT2D eigenvalue weighted by molar-refractivity contribution is 0.0224. The SMILES string of the molecule is C[C@@H]1COCCN1c1cc(OCCCCNC(=O)c2ccc3c(c2)C(=O)OC32c3ccc(N(C)C)cc3Oc3cc(N(C)C)ccc32)c2ccnc(-c3ccn[nH]3)c2n1. The highest BCUT2D eigenvalue weighted by molar-refractivity contribution is 6.02. The van der Waals surface area contributed by atoms with Gasteiger partial charge in [-0.3, -0.25) is 14.9 Å². The predicted molar refractivity (Wildman–Crippen MR) is 225 cm³/mol. The summed E-state index contributed by atoms with van der Waals surface area (Å²) in [4.78, 5) is 43.2. The lowest BCUT2D eigenvalue weighted by Gasteiger charge is -2.37. The molecule has 59 heavy (non-hydrogen) atoms. The lowest BCUT2D eigenvalue weighted by Crippen LogP contribution is -2.44. The third kappa shape index (κ3) is 6.72. The molecule has 0 bridgehead atoms. The molecule has 14 nitrogen and oxygen atoms in total. The first-order valence-corrected chi connectivity index (χ1v) is 19.9. The van der Waals surface area contributed by atoms with Crippen molar-refractivity contribution in [2.75, 3.05) is 75.8 Å². The Labute approximate surface area is 342 Å². The van der Waals surface area contributed by atoms with Crippen LogP contribution in [-0.4, -0.2) is 99.2 Å². The van der Waals surface area contributed by atoms with Gasteiger partial charge in [0.2, 0.25) is 0 Å². The number of nitrogens with zero attached hydrogens (tertiary/aromatic N) is 6. The molecule has 1 saturated heterocycles. The van der Waals surface area contributed by atoms with E-state index in [1.165, 1.54) is 0 Å². The first-order chi connectivity index (χ1) is 28.6. The number of rotatable bonds is 11. The molecule has 14 heteroatoms. The van der Waals surface area contributed by atoms with Gasteiger partial charge in [-0.05, 0) is 68.3 Å².